The molecular weight excluding hydrogens is 419 g/mol. The zero-order chi connectivity index (χ0) is 22.4. The molecule has 0 bridgehead atoms. The number of carbonyl (C=O) groups is 1. The molecule has 0 spiro atoms. The van der Waals surface area contributed by atoms with Crippen molar-refractivity contribution in [3.63, 3.8) is 0 Å². The predicted molar refractivity (Wildman–Crippen MR) is 117 cm³/mol. The zero-order valence-corrected chi connectivity index (χ0v) is 18.0. The highest BCUT2D eigenvalue weighted by Crippen LogP contribution is 2.21. The van der Waals surface area contributed by atoms with Crippen molar-refractivity contribution in [3.05, 3.63) is 89.2 Å². The summed E-state index contributed by atoms with van der Waals surface area (Å²) in [6.45, 7) is 3.89. The standard InChI is InChI=1S/C23H23FN2O4S/c1-16-3-8-20(13-17(16)2)26-31(28,29)22-11-9-21(10-12-22)30-15-23(27)25-14-18-4-6-19(24)7-5-18/h3-13,26H,14-15H2,1-2H3,(H,25,27). The van der Waals surface area contributed by atoms with Gasteiger partial charge in [-0.3, -0.25) is 9.52 Å². The van der Waals surface area contributed by atoms with Gasteiger partial charge in [-0.1, -0.05) is 18.2 Å². The van der Waals surface area contributed by atoms with Crippen LogP contribution in [0.3, 0.4) is 0 Å². The Morgan fingerprint density at radius 1 is 0.935 bits per heavy atom. The summed E-state index contributed by atoms with van der Waals surface area (Å²) in [5.41, 5.74) is 3.31. The Labute approximate surface area is 181 Å². The Balaban J connectivity index is 1.53. The topological polar surface area (TPSA) is 84.5 Å². The lowest BCUT2D eigenvalue weighted by Crippen LogP contribution is -2.28. The van der Waals surface area contributed by atoms with Gasteiger partial charge < -0.3 is 10.1 Å². The minimum atomic E-state index is -3.74. The zero-order valence-electron chi connectivity index (χ0n) is 17.2. The Morgan fingerprint density at radius 2 is 1.61 bits per heavy atom. The lowest BCUT2D eigenvalue weighted by atomic mass is 10.1. The molecule has 0 heterocycles. The molecule has 0 aromatic heterocycles. The summed E-state index contributed by atoms with van der Waals surface area (Å²) < 4.78 is 46.0. The van der Waals surface area contributed by atoms with E-state index in [2.05, 4.69) is 10.0 Å². The number of anilines is 1. The van der Waals surface area contributed by atoms with Crippen LogP contribution in [0.15, 0.2) is 71.6 Å². The van der Waals surface area contributed by atoms with Gasteiger partial charge in [0.2, 0.25) is 0 Å². The fourth-order valence-electron chi connectivity index (χ4n) is 2.74. The number of amides is 1. The maximum Gasteiger partial charge on any atom is 0.261 e. The first-order valence-electron chi connectivity index (χ1n) is 9.57. The van der Waals surface area contributed by atoms with E-state index >= 15 is 0 Å². The van der Waals surface area contributed by atoms with Gasteiger partial charge in [0.15, 0.2) is 6.61 Å². The summed E-state index contributed by atoms with van der Waals surface area (Å²) in [6, 6.07) is 16.9. The molecule has 0 fully saturated rings. The number of rotatable bonds is 8. The quantitative estimate of drug-likeness (QED) is 0.554. The largest absolute Gasteiger partial charge is 0.484 e. The van der Waals surface area contributed by atoms with Crippen LogP contribution in [0.25, 0.3) is 0 Å². The second-order valence-electron chi connectivity index (χ2n) is 7.07. The maximum atomic E-state index is 12.9. The lowest BCUT2D eigenvalue weighted by molar-refractivity contribution is -0.123. The summed E-state index contributed by atoms with van der Waals surface area (Å²) in [4.78, 5) is 12.0. The lowest BCUT2D eigenvalue weighted by Gasteiger charge is -2.11. The van der Waals surface area contributed by atoms with Crippen molar-refractivity contribution in [2.24, 2.45) is 0 Å². The van der Waals surface area contributed by atoms with Crippen molar-refractivity contribution in [2.75, 3.05) is 11.3 Å². The molecule has 31 heavy (non-hydrogen) atoms. The third kappa shape index (κ3) is 6.29. The fourth-order valence-corrected chi connectivity index (χ4v) is 3.79. The van der Waals surface area contributed by atoms with Crippen LogP contribution in [0.5, 0.6) is 5.75 Å². The number of sulfonamides is 1. The molecule has 0 saturated carbocycles. The number of hydrogen-bond acceptors (Lipinski definition) is 4. The van der Waals surface area contributed by atoms with Crippen LogP contribution >= 0.6 is 0 Å². The molecular formula is C23H23FN2O4S. The van der Waals surface area contributed by atoms with Crippen LogP contribution in [-0.4, -0.2) is 20.9 Å². The van der Waals surface area contributed by atoms with Gasteiger partial charge in [0, 0.05) is 12.2 Å². The third-order valence-corrected chi connectivity index (χ3v) is 6.06. The van der Waals surface area contributed by atoms with Crippen molar-refractivity contribution >= 4 is 21.6 Å². The molecule has 1 amide bonds. The van der Waals surface area contributed by atoms with Crippen LogP contribution in [0, 0.1) is 19.7 Å². The first-order chi connectivity index (χ1) is 14.7. The molecule has 162 valence electrons. The van der Waals surface area contributed by atoms with Gasteiger partial charge in [0.1, 0.15) is 11.6 Å². The van der Waals surface area contributed by atoms with E-state index in [4.69, 9.17) is 4.74 Å². The van der Waals surface area contributed by atoms with Crippen molar-refractivity contribution in [2.45, 2.75) is 25.3 Å². The summed E-state index contributed by atoms with van der Waals surface area (Å²) in [7, 11) is -3.74. The second kappa shape index (κ2) is 9.61. The van der Waals surface area contributed by atoms with Gasteiger partial charge in [-0.2, -0.15) is 0 Å². The van der Waals surface area contributed by atoms with E-state index in [1.165, 1.54) is 36.4 Å². The molecule has 3 aromatic carbocycles. The third-order valence-electron chi connectivity index (χ3n) is 4.67. The Morgan fingerprint density at radius 3 is 2.26 bits per heavy atom. The van der Waals surface area contributed by atoms with Crippen molar-refractivity contribution in [1.29, 1.82) is 0 Å². The highest BCUT2D eigenvalue weighted by Gasteiger charge is 2.15. The number of halogens is 1. The molecule has 0 saturated heterocycles. The Kier molecular flexibility index (Phi) is 6.91. The van der Waals surface area contributed by atoms with Crippen LogP contribution in [-0.2, 0) is 21.4 Å². The van der Waals surface area contributed by atoms with E-state index in [-0.39, 0.29) is 29.8 Å². The number of carbonyl (C=O) groups excluding carboxylic acids is 1. The smallest absolute Gasteiger partial charge is 0.261 e. The van der Waals surface area contributed by atoms with E-state index in [0.717, 1.165) is 16.7 Å². The molecule has 3 aromatic rings. The Bertz CT molecular complexity index is 1160. The van der Waals surface area contributed by atoms with Crippen LogP contribution in [0.4, 0.5) is 10.1 Å². The van der Waals surface area contributed by atoms with Crippen LogP contribution in [0.2, 0.25) is 0 Å². The monoisotopic (exact) mass is 442 g/mol. The number of ether oxygens (including phenoxy) is 1. The first kappa shape index (κ1) is 22.3. The van der Waals surface area contributed by atoms with E-state index in [0.29, 0.717) is 11.4 Å². The molecule has 0 unspecified atom stereocenters. The van der Waals surface area contributed by atoms with Gasteiger partial charge in [-0.15, -0.1) is 0 Å². The SMILES string of the molecule is Cc1ccc(NS(=O)(=O)c2ccc(OCC(=O)NCc3ccc(F)cc3)cc2)cc1C. The Hall–Kier alpha value is -3.39. The highest BCUT2D eigenvalue weighted by atomic mass is 32.2. The summed E-state index contributed by atoms with van der Waals surface area (Å²) in [5, 5.41) is 2.67. The van der Waals surface area contributed by atoms with E-state index in [1.54, 1.807) is 24.3 Å². The molecule has 2 N–H and O–H groups in total. The molecule has 0 aliphatic rings. The molecule has 6 nitrogen and oxygen atoms in total. The average Bonchev–Trinajstić information content (AvgIpc) is 2.74. The van der Waals surface area contributed by atoms with Gasteiger partial charge in [0.05, 0.1) is 4.90 Å². The van der Waals surface area contributed by atoms with E-state index < -0.39 is 10.0 Å². The van der Waals surface area contributed by atoms with Crippen molar-refractivity contribution in [1.82, 2.24) is 5.32 Å². The first-order valence-corrected chi connectivity index (χ1v) is 11.1. The number of benzene rings is 3. The second-order valence-corrected chi connectivity index (χ2v) is 8.75. The fraction of sp³-hybridized carbons (Fsp3) is 0.174. The van der Waals surface area contributed by atoms with Gasteiger partial charge in [-0.25, -0.2) is 12.8 Å². The van der Waals surface area contributed by atoms with E-state index in [1.807, 2.05) is 19.9 Å². The normalized spacial score (nSPS) is 11.1. The number of aryl methyl sites for hydroxylation is 2. The average molecular weight is 443 g/mol. The summed E-state index contributed by atoms with van der Waals surface area (Å²) in [5.74, 6) is -0.326. The molecule has 8 heteroatoms. The number of nitrogens with one attached hydrogen (secondary N) is 2. The van der Waals surface area contributed by atoms with E-state index in [9.17, 15) is 17.6 Å². The minimum absolute atomic E-state index is 0.0823. The van der Waals surface area contributed by atoms with Gasteiger partial charge >= 0.3 is 0 Å². The van der Waals surface area contributed by atoms with Crippen molar-refractivity contribution < 1.29 is 22.3 Å². The number of hydrogen-bond donors (Lipinski definition) is 2. The van der Waals surface area contributed by atoms with Crippen molar-refractivity contribution in [3.8, 4) is 5.75 Å². The molecule has 3 rings (SSSR count). The van der Waals surface area contributed by atoms with Crippen LogP contribution < -0.4 is 14.8 Å². The predicted octanol–water partition coefficient (Wildman–Crippen LogP) is 3.94. The summed E-state index contributed by atoms with van der Waals surface area (Å²) >= 11 is 0. The van der Waals surface area contributed by atoms with Gasteiger partial charge in [-0.05, 0) is 79.1 Å². The minimum Gasteiger partial charge on any atom is -0.484 e. The molecule has 0 aliphatic carbocycles. The molecule has 0 aliphatic heterocycles. The van der Waals surface area contributed by atoms with Gasteiger partial charge in [0.25, 0.3) is 15.9 Å². The molecule has 0 radical (unpaired) electrons. The maximum absolute atomic E-state index is 12.9. The van der Waals surface area contributed by atoms with Crippen LogP contribution in [0.1, 0.15) is 16.7 Å². The molecule has 0 atom stereocenters. The highest BCUT2D eigenvalue weighted by molar-refractivity contribution is 7.92. The summed E-state index contributed by atoms with van der Waals surface area (Å²) in [6.07, 6.45) is 0.